The number of nitrogens with zero attached hydrogens (tertiary/aromatic N) is 1. The van der Waals surface area contributed by atoms with E-state index in [4.69, 9.17) is 4.74 Å². The molecule has 21 heavy (non-hydrogen) atoms. The first kappa shape index (κ1) is 16.3. The van der Waals surface area contributed by atoms with E-state index in [9.17, 15) is 0 Å². The van der Waals surface area contributed by atoms with Crippen molar-refractivity contribution < 1.29 is 4.74 Å². The number of rotatable bonds is 7. The molecule has 0 bridgehead atoms. The van der Waals surface area contributed by atoms with Crippen LogP contribution >= 0.6 is 0 Å². The van der Waals surface area contributed by atoms with Gasteiger partial charge in [-0.3, -0.25) is 4.90 Å². The molecule has 3 heteroatoms. The lowest BCUT2D eigenvalue weighted by Gasteiger charge is -2.32. The van der Waals surface area contributed by atoms with Gasteiger partial charge in [0.2, 0.25) is 0 Å². The quantitative estimate of drug-likeness (QED) is 0.834. The Morgan fingerprint density at radius 3 is 2.71 bits per heavy atom. The molecule has 1 aliphatic heterocycles. The summed E-state index contributed by atoms with van der Waals surface area (Å²) < 4.78 is 5.78. The minimum absolute atomic E-state index is 0.239. The second-order valence-electron chi connectivity index (χ2n) is 6.43. The minimum atomic E-state index is 0.239. The third-order valence-electron chi connectivity index (χ3n) is 4.19. The maximum absolute atomic E-state index is 5.78. The Morgan fingerprint density at radius 2 is 2.05 bits per heavy atom. The number of hydrogen-bond donors (Lipinski definition) is 1. The molecule has 118 valence electrons. The molecule has 1 fully saturated rings. The second-order valence-corrected chi connectivity index (χ2v) is 6.43. The highest BCUT2D eigenvalue weighted by molar-refractivity contribution is 5.28. The molecular formula is C18H30N2O. The highest BCUT2D eigenvalue weighted by atomic mass is 16.5. The van der Waals surface area contributed by atoms with Crippen molar-refractivity contribution in [2.24, 2.45) is 5.92 Å². The van der Waals surface area contributed by atoms with Crippen LogP contribution in [-0.2, 0) is 6.54 Å². The van der Waals surface area contributed by atoms with Crippen LogP contribution in [0.15, 0.2) is 24.3 Å². The molecule has 2 rings (SSSR count). The molecule has 1 aromatic rings. The van der Waals surface area contributed by atoms with Gasteiger partial charge >= 0.3 is 0 Å². The summed E-state index contributed by atoms with van der Waals surface area (Å²) in [5.41, 5.74) is 1.36. The largest absolute Gasteiger partial charge is 0.491 e. The van der Waals surface area contributed by atoms with Gasteiger partial charge in [-0.05, 0) is 83.4 Å². The van der Waals surface area contributed by atoms with E-state index in [-0.39, 0.29) is 6.10 Å². The van der Waals surface area contributed by atoms with Crippen LogP contribution in [0.5, 0.6) is 5.75 Å². The zero-order chi connectivity index (χ0) is 15.1. The van der Waals surface area contributed by atoms with Gasteiger partial charge in [0, 0.05) is 6.54 Å². The maximum atomic E-state index is 5.78. The van der Waals surface area contributed by atoms with E-state index in [1.165, 1.54) is 37.9 Å². The average Bonchev–Trinajstić information content (AvgIpc) is 2.46. The maximum Gasteiger partial charge on any atom is 0.120 e. The molecule has 1 N–H and O–H groups in total. The van der Waals surface area contributed by atoms with Crippen LogP contribution < -0.4 is 10.1 Å². The number of hydrogen-bond acceptors (Lipinski definition) is 3. The summed E-state index contributed by atoms with van der Waals surface area (Å²) in [6.45, 7) is 8.80. The zero-order valence-corrected chi connectivity index (χ0v) is 13.8. The van der Waals surface area contributed by atoms with Crippen molar-refractivity contribution in [2.45, 2.75) is 45.8 Å². The highest BCUT2D eigenvalue weighted by Crippen LogP contribution is 2.22. The third kappa shape index (κ3) is 5.68. The molecule has 0 atom stereocenters. The average molecular weight is 290 g/mol. The number of ether oxygens (including phenoxy) is 1. The van der Waals surface area contributed by atoms with E-state index in [0.29, 0.717) is 0 Å². The van der Waals surface area contributed by atoms with Crippen molar-refractivity contribution in [3.05, 3.63) is 29.8 Å². The minimum Gasteiger partial charge on any atom is -0.491 e. The monoisotopic (exact) mass is 290 g/mol. The fourth-order valence-electron chi connectivity index (χ4n) is 3.03. The Balaban J connectivity index is 1.80. The van der Waals surface area contributed by atoms with Gasteiger partial charge in [-0.25, -0.2) is 0 Å². The van der Waals surface area contributed by atoms with Gasteiger partial charge in [-0.15, -0.1) is 0 Å². The molecule has 1 saturated heterocycles. The molecule has 0 aromatic heterocycles. The number of benzene rings is 1. The van der Waals surface area contributed by atoms with Crippen molar-refractivity contribution in [1.82, 2.24) is 10.2 Å². The van der Waals surface area contributed by atoms with E-state index in [0.717, 1.165) is 24.8 Å². The van der Waals surface area contributed by atoms with Crippen molar-refractivity contribution in [1.29, 1.82) is 0 Å². The predicted molar refractivity (Wildman–Crippen MR) is 88.8 cm³/mol. The lowest BCUT2D eigenvalue weighted by molar-refractivity contribution is 0.172. The van der Waals surface area contributed by atoms with Crippen LogP contribution in [0, 0.1) is 5.92 Å². The molecule has 0 saturated carbocycles. The van der Waals surface area contributed by atoms with E-state index in [2.05, 4.69) is 42.3 Å². The normalized spacial score (nSPS) is 17.3. The molecule has 0 amide bonds. The van der Waals surface area contributed by atoms with Crippen LogP contribution in [-0.4, -0.2) is 37.7 Å². The first-order valence-corrected chi connectivity index (χ1v) is 8.30. The summed E-state index contributed by atoms with van der Waals surface area (Å²) in [6.07, 6.45) is 4.23. The Kier molecular flexibility index (Phi) is 6.52. The number of nitrogens with one attached hydrogen (secondary N) is 1. The van der Waals surface area contributed by atoms with Gasteiger partial charge in [0.25, 0.3) is 0 Å². The van der Waals surface area contributed by atoms with Crippen molar-refractivity contribution >= 4 is 0 Å². The first-order chi connectivity index (χ1) is 10.2. The van der Waals surface area contributed by atoms with Crippen molar-refractivity contribution in [2.75, 3.05) is 26.7 Å². The fourth-order valence-corrected chi connectivity index (χ4v) is 3.03. The summed E-state index contributed by atoms with van der Waals surface area (Å²) in [4.78, 5) is 2.57. The molecule has 0 unspecified atom stereocenters. The summed E-state index contributed by atoms with van der Waals surface area (Å²) in [6, 6.07) is 8.55. The molecule has 0 spiro atoms. The molecule has 1 heterocycles. The Labute approximate surface area is 129 Å². The standard InChI is InChI=1S/C18H30N2O/c1-15(2)21-18-6-4-5-17(13-18)14-20-11-8-16(9-12-20)7-10-19-3/h4-6,13,15-16,19H,7-12,14H2,1-3H3. The number of piperidine rings is 1. The van der Waals surface area contributed by atoms with E-state index < -0.39 is 0 Å². The van der Waals surface area contributed by atoms with Gasteiger partial charge in [0.1, 0.15) is 5.75 Å². The zero-order valence-electron chi connectivity index (χ0n) is 13.8. The summed E-state index contributed by atoms with van der Waals surface area (Å²) in [7, 11) is 2.04. The van der Waals surface area contributed by atoms with E-state index in [1.807, 2.05) is 13.1 Å². The van der Waals surface area contributed by atoms with E-state index in [1.54, 1.807) is 0 Å². The highest BCUT2D eigenvalue weighted by Gasteiger charge is 2.18. The van der Waals surface area contributed by atoms with Crippen LogP contribution in [0.1, 0.15) is 38.7 Å². The Bertz CT molecular complexity index is 411. The van der Waals surface area contributed by atoms with Crippen LogP contribution in [0.2, 0.25) is 0 Å². The van der Waals surface area contributed by atoms with Crippen molar-refractivity contribution in [3.63, 3.8) is 0 Å². The topological polar surface area (TPSA) is 24.5 Å². The van der Waals surface area contributed by atoms with Gasteiger partial charge in [-0.2, -0.15) is 0 Å². The van der Waals surface area contributed by atoms with Gasteiger partial charge in [-0.1, -0.05) is 12.1 Å². The third-order valence-corrected chi connectivity index (χ3v) is 4.19. The smallest absolute Gasteiger partial charge is 0.120 e. The van der Waals surface area contributed by atoms with Gasteiger partial charge in [0.05, 0.1) is 6.10 Å². The Morgan fingerprint density at radius 1 is 1.29 bits per heavy atom. The molecule has 0 radical (unpaired) electrons. The summed E-state index contributed by atoms with van der Waals surface area (Å²) in [5.74, 6) is 1.90. The van der Waals surface area contributed by atoms with Gasteiger partial charge in [0.15, 0.2) is 0 Å². The lowest BCUT2D eigenvalue weighted by atomic mass is 9.93. The predicted octanol–water partition coefficient (Wildman–Crippen LogP) is 3.30. The fraction of sp³-hybridized carbons (Fsp3) is 0.667. The first-order valence-electron chi connectivity index (χ1n) is 8.30. The molecule has 0 aliphatic carbocycles. The van der Waals surface area contributed by atoms with E-state index >= 15 is 0 Å². The van der Waals surface area contributed by atoms with Crippen molar-refractivity contribution in [3.8, 4) is 5.75 Å². The molecule has 1 aliphatic rings. The molecule has 1 aromatic carbocycles. The number of likely N-dealkylation sites (tertiary alicyclic amines) is 1. The van der Waals surface area contributed by atoms with Crippen LogP contribution in [0.3, 0.4) is 0 Å². The van der Waals surface area contributed by atoms with Crippen LogP contribution in [0.4, 0.5) is 0 Å². The lowest BCUT2D eigenvalue weighted by Crippen LogP contribution is -2.34. The van der Waals surface area contributed by atoms with Crippen LogP contribution in [0.25, 0.3) is 0 Å². The summed E-state index contributed by atoms with van der Waals surface area (Å²) >= 11 is 0. The molecular weight excluding hydrogens is 260 g/mol. The summed E-state index contributed by atoms with van der Waals surface area (Å²) in [5, 5.41) is 3.26. The SMILES string of the molecule is CNCCC1CCN(Cc2cccc(OC(C)C)c2)CC1. The molecule has 3 nitrogen and oxygen atoms in total. The Hall–Kier alpha value is -1.06. The van der Waals surface area contributed by atoms with Gasteiger partial charge < -0.3 is 10.1 Å². The second kappa shape index (κ2) is 8.40.